The van der Waals surface area contributed by atoms with Crippen molar-refractivity contribution in [2.24, 2.45) is 0 Å². The quantitative estimate of drug-likeness (QED) is 0.737. The van der Waals surface area contributed by atoms with E-state index in [1.54, 1.807) is 6.07 Å². The minimum atomic E-state index is -4.22. The number of ether oxygens (including phenoxy) is 2. The maximum atomic E-state index is 12.0. The minimum absolute atomic E-state index is 0.0237. The molecule has 0 aliphatic rings. The standard InChI is InChI=1S/C14H20F3NO2S/c1-10(2)18-9-11-4-5-12(13(8-11)19-3)20-6-7-21-14(15,16)17/h4-5,8,10,18H,6-7,9H2,1-3H3. The second-order valence-electron chi connectivity index (χ2n) is 4.66. The Morgan fingerprint density at radius 3 is 2.52 bits per heavy atom. The fourth-order valence-electron chi connectivity index (χ4n) is 1.57. The number of thioether (sulfide) groups is 1. The molecule has 1 rings (SSSR count). The van der Waals surface area contributed by atoms with E-state index in [9.17, 15) is 13.2 Å². The van der Waals surface area contributed by atoms with E-state index in [1.807, 2.05) is 26.0 Å². The summed E-state index contributed by atoms with van der Waals surface area (Å²) >= 11 is -0.0951. The van der Waals surface area contributed by atoms with E-state index >= 15 is 0 Å². The van der Waals surface area contributed by atoms with Gasteiger partial charge in [0.15, 0.2) is 11.5 Å². The SMILES string of the molecule is COc1cc(CNC(C)C)ccc1OCCSC(F)(F)F. The summed E-state index contributed by atoms with van der Waals surface area (Å²) in [6.45, 7) is 4.77. The van der Waals surface area contributed by atoms with E-state index in [4.69, 9.17) is 9.47 Å². The van der Waals surface area contributed by atoms with Gasteiger partial charge in [0.25, 0.3) is 0 Å². The first-order valence-corrected chi connectivity index (χ1v) is 7.54. The molecular weight excluding hydrogens is 303 g/mol. The first kappa shape index (κ1) is 18.0. The van der Waals surface area contributed by atoms with Crippen molar-refractivity contribution in [3.63, 3.8) is 0 Å². The maximum Gasteiger partial charge on any atom is 0.441 e. The lowest BCUT2D eigenvalue weighted by molar-refractivity contribution is -0.0329. The summed E-state index contributed by atoms with van der Waals surface area (Å²) in [6, 6.07) is 5.77. The van der Waals surface area contributed by atoms with Gasteiger partial charge in [-0.2, -0.15) is 13.2 Å². The molecule has 0 saturated heterocycles. The third-order valence-corrected chi connectivity index (χ3v) is 3.25. The fourth-order valence-corrected chi connectivity index (χ4v) is 1.97. The van der Waals surface area contributed by atoms with Crippen molar-refractivity contribution in [3.8, 4) is 11.5 Å². The van der Waals surface area contributed by atoms with E-state index in [2.05, 4.69) is 5.32 Å². The van der Waals surface area contributed by atoms with Crippen molar-refractivity contribution >= 4 is 11.8 Å². The zero-order valence-corrected chi connectivity index (χ0v) is 13.1. The molecule has 0 aliphatic carbocycles. The molecule has 1 N–H and O–H groups in total. The lowest BCUT2D eigenvalue weighted by Gasteiger charge is -2.13. The highest BCUT2D eigenvalue weighted by atomic mass is 32.2. The molecule has 3 nitrogen and oxygen atoms in total. The van der Waals surface area contributed by atoms with Crippen LogP contribution in [0.4, 0.5) is 13.2 Å². The van der Waals surface area contributed by atoms with E-state index in [0.717, 1.165) is 5.56 Å². The Labute approximate surface area is 127 Å². The topological polar surface area (TPSA) is 30.5 Å². The van der Waals surface area contributed by atoms with Gasteiger partial charge in [-0.15, -0.1) is 0 Å². The fraction of sp³-hybridized carbons (Fsp3) is 0.571. The van der Waals surface area contributed by atoms with Gasteiger partial charge in [-0.3, -0.25) is 0 Å². The summed E-state index contributed by atoms with van der Waals surface area (Å²) in [7, 11) is 1.51. The molecule has 0 aliphatic heterocycles. The van der Waals surface area contributed by atoms with Gasteiger partial charge in [-0.05, 0) is 29.5 Å². The number of methoxy groups -OCH3 is 1. The third kappa shape index (κ3) is 7.47. The molecule has 0 aromatic heterocycles. The first-order chi connectivity index (χ1) is 9.81. The van der Waals surface area contributed by atoms with Gasteiger partial charge in [0.1, 0.15) is 0 Å². The van der Waals surface area contributed by atoms with Crippen LogP contribution in [-0.2, 0) is 6.54 Å². The Morgan fingerprint density at radius 1 is 1.24 bits per heavy atom. The highest BCUT2D eigenvalue weighted by molar-refractivity contribution is 8.00. The maximum absolute atomic E-state index is 12.0. The normalized spacial score (nSPS) is 11.8. The van der Waals surface area contributed by atoms with Crippen LogP contribution in [0.15, 0.2) is 18.2 Å². The smallest absolute Gasteiger partial charge is 0.441 e. The molecule has 0 bridgehead atoms. The van der Waals surface area contributed by atoms with Gasteiger partial charge in [0.2, 0.25) is 0 Å². The summed E-state index contributed by atoms with van der Waals surface area (Å²) in [5.41, 5.74) is -3.20. The van der Waals surface area contributed by atoms with Crippen LogP contribution < -0.4 is 14.8 Å². The van der Waals surface area contributed by atoms with Crippen LogP contribution in [0.5, 0.6) is 11.5 Å². The highest BCUT2D eigenvalue weighted by Gasteiger charge is 2.27. The Kier molecular flexibility index (Phi) is 7.17. The number of hydrogen-bond donors (Lipinski definition) is 1. The minimum Gasteiger partial charge on any atom is -0.493 e. The van der Waals surface area contributed by atoms with Crippen molar-refractivity contribution in [1.82, 2.24) is 5.32 Å². The molecule has 1 aromatic rings. The zero-order valence-electron chi connectivity index (χ0n) is 12.3. The average Bonchev–Trinajstić information content (AvgIpc) is 2.40. The molecule has 0 radical (unpaired) electrons. The Morgan fingerprint density at radius 2 is 1.95 bits per heavy atom. The van der Waals surface area contributed by atoms with Crippen LogP contribution in [0.2, 0.25) is 0 Å². The molecular formula is C14H20F3NO2S. The van der Waals surface area contributed by atoms with Gasteiger partial charge in [-0.1, -0.05) is 19.9 Å². The van der Waals surface area contributed by atoms with E-state index in [-0.39, 0.29) is 24.1 Å². The highest BCUT2D eigenvalue weighted by Crippen LogP contribution is 2.31. The first-order valence-electron chi connectivity index (χ1n) is 6.55. The van der Waals surface area contributed by atoms with Crippen LogP contribution in [0.1, 0.15) is 19.4 Å². The largest absolute Gasteiger partial charge is 0.493 e. The summed E-state index contributed by atoms with van der Waals surface area (Å²) in [6.07, 6.45) is 0. The predicted molar refractivity (Wildman–Crippen MR) is 79.0 cm³/mol. The predicted octanol–water partition coefficient (Wildman–Crippen LogP) is 3.83. The number of halogens is 3. The second kappa shape index (κ2) is 8.38. The number of benzene rings is 1. The number of alkyl halides is 3. The molecule has 0 atom stereocenters. The molecule has 21 heavy (non-hydrogen) atoms. The molecule has 120 valence electrons. The van der Waals surface area contributed by atoms with Crippen molar-refractivity contribution in [2.75, 3.05) is 19.5 Å². The van der Waals surface area contributed by atoms with Crippen molar-refractivity contribution < 1.29 is 22.6 Å². The molecule has 0 amide bonds. The van der Waals surface area contributed by atoms with Crippen LogP contribution in [-0.4, -0.2) is 31.0 Å². The summed E-state index contributed by atoms with van der Waals surface area (Å²) in [5, 5.41) is 3.28. The Bertz CT molecular complexity index is 439. The van der Waals surface area contributed by atoms with E-state index in [1.165, 1.54) is 7.11 Å². The summed E-state index contributed by atoms with van der Waals surface area (Å²) in [4.78, 5) is 0. The van der Waals surface area contributed by atoms with Crippen LogP contribution in [0.3, 0.4) is 0 Å². The van der Waals surface area contributed by atoms with E-state index < -0.39 is 5.51 Å². The molecule has 0 unspecified atom stereocenters. The number of nitrogens with one attached hydrogen (secondary N) is 1. The zero-order chi connectivity index (χ0) is 15.9. The third-order valence-electron chi connectivity index (χ3n) is 2.55. The average molecular weight is 323 g/mol. The molecule has 0 saturated carbocycles. The van der Waals surface area contributed by atoms with Gasteiger partial charge >= 0.3 is 5.51 Å². The number of rotatable bonds is 8. The van der Waals surface area contributed by atoms with Gasteiger partial charge in [0, 0.05) is 18.3 Å². The number of hydrogen-bond acceptors (Lipinski definition) is 4. The van der Waals surface area contributed by atoms with Crippen LogP contribution in [0, 0.1) is 0 Å². The summed E-state index contributed by atoms with van der Waals surface area (Å²) < 4.78 is 46.6. The molecule has 0 fully saturated rings. The van der Waals surface area contributed by atoms with E-state index in [0.29, 0.717) is 24.1 Å². The lowest BCUT2D eigenvalue weighted by Crippen LogP contribution is -2.21. The molecule has 7 heteroatoms. The van der Waals surface area contributed by atoms with Gasteiger partial charge < -0.3 is 14.8 Å². The Hall–Kier alpha value is -1.08. The van der Waals surface area contributed by atoms with Crippen molar-refractivity contribution in [2.45, 2.75) is 31.9 Å². The van der Waals surface area contributed by atoms with Gasteiger partial charge in [0.05, 0.1) is 13.7 Å². The van der Waals surface area contributed by atoms with Gasteiger partial charge in [-0.25, -0.2) is 0 Å². The molecule has 0 heterocycles. The summed E-state index contributed by atoms with van der Waals surface area (Å²) in [5.74, 6) is 0.826. The van der Waals surface area contributed by atoms with Crippen LogP contribution >= 0.6 is 11.8 Å². The van der Waals surface area contributed by atoms with Crippen LogP contribution in [0.25, 0.3) is 0 Å². The van der Waals surface area contributed by atoms with Crippen molar-refractivity contribution in [3.05, 3.63) is 23.8 Å². The molecule has 0 spiro atoms. The Balaban J connectivity index is 2.54. The van der Waals surface area contributed by atoms with Crippen molar-refractivity contribution in [1.29, 1.82) is 0 Å². The lowest BCUT2D eigenvalue weighted by atomic mass is 10.2. The monoisotopic (exact) mass is 323 g/mol. The molecule has 1 aromatic carbocycles. The second-order valence-corrected chi connectivity index (χ2v) is 5.82.